The number of aromatic amines is 1. The monoisotopic (exact) mass is 402 g/mol. The van der Waals surface area contributed by atoms with Gasteiger partial charge in [0, 0.05) is 13.4 Å². The number of nitrogens with zero attached hydrogens (tertiary/aromatic N) is 3. The van der Waals surface area contributed by atoms with Crippen molar-refractivity contribution in [2.24, 2.45) is 10.2 Å². The topological polar surface area (TPSA) is 126 Å². The molecular weight excluding hydrogens is 384 g/mol. The number of methoxy groups -OCH3 is 1. The van der Waals surface area contributed by atoms with Crippen LogP contribution in [0.1, 0.15) is 5.69 Å². The first-order chi connectivity index (χ1) is 13.3. The van der Waals surface area contributed by atoms with Gasteiger partial charge in [0.2, 0.25) is 0 Å². The molecule has 1 aromatic heterocycles. The number of phenolic OH excluding ortho intramolecular Hbond substituents is 1. The van der Waals surface area contributed by atoms with Crippen molar-refractivity contribution < 1.29 is 18.3 Å². The van der Waals surface area contributed by atoms with E-state index in [9.17, 15) is 18.3 Å². The summed E-state index contributed by atoms with van der Waals surface area (Å²) < 4.78 is 29.8. The minimum atomic E-state index is -3.49. The Balaban J connectivity index is 2.07. The SMILES string of the molecule is COCc1[nH]n(-c2ccccc2)c(=O)c1N=Nc1cc(S(C)(=O)=O)ccc1O. The summed E-state index contributed by atoms with van der Waals surface area (Å²) >= 11 is 0. The molecule has 0 radical (unpaired) electrons. The lowest BCUT2D eigenvalue weighted by Gasteiger charge is -2.01. The Morgan fingerprint density at radius 3 is 2.50 bits per heavy atom. The van der Waals surface area contributed by atoms with Crippen molar-refractivity contribution in [3.63, 3.8) is 0 Å². The maximum Gasteiger partial charge on any atom is 0.299 e. The fourth-order valence-corrected chi connectivity index (χ4v) is 3.14. The van der Waals surface area contributed by atoms with Crippen LogP contribution < -0.4 is 5.56 Å². The fourth-order valence-electron chi connectivity index (χ4n) is 2.50. The number of aromatic nitrogens is 2. The molecule has 0 bridgehead atoms. The maximum absolute atomic E-state index is 12.8. The molecule has 28 heavy (non-hydrogen) atoms. The summed E-state index contributed by atoms with van der Waals surface area (Å²) in [6.45, 7) is 0.0821. The fraction of sp³-hybridized carbons (Fsp3) is 0.167. The summed E-state index contributed by atoms with van der Waals surface area (Å²) in [6.07, 6.45) is 1.04. The Kier molecular flexibility index (Phi) is 5.43. The molecule has 0 fully saturated rings. The molecule has 1 heterocycles. The van der Waals surface area contributed by atoms with Crippen LogP contribution >= 0.6 is 0 Å². The zero-order valence-electron chi connectivity index (χ0n) is 15.2. The first kappa shape index (κ1) is 19.5. The number of aromatic hydroxyl groups is 1. The van der Waals surface area contributed by atoms with Gasteiger partial charge in [-0.1, -0.05) is 18.2 Å². The molecule has 10 heteroatoms. The molecule has 0 saturated carbocycles. The molecule has 0 spiro atoms. The molecule has 2 aromatic carbocycles. The second-order valence-corrected chi connectivity index (χ2v) is 7.99. The van der Waals surface area contributed by atoms with Crippen LogP contribution in [0.15, 0.2) is 68.4 Å². The van der Waals surface area contributed by atoms with Crippen LogP contribution in [-0.2, 0) is 21.2 Å². The highest BCUT2D eigenvalue weighted by molar-refractivity contribution is 7.90. The van der Waals surface area contributed by atoms with E-state index < -0.39 is 15.4 Å². The van der Waals surface area contributed by atoms with Gasteiger partial charge in [-0.3, -0.25) is 9.89 Å². The number of para-hydroxylation sites is 1. The summed E-state index contributed by atoms with van der Waals surface area (Å²) in [5.74, 6) is -0.261. The van der Waals surface area contributed by atoms with E-state index in [1.807, 2.05) is 6.07 Å². The Bertz CT molecular complexity index is 1180. The van der Waals surface area contributed by atoms with E-state index in [1.165, 1.54) is 30.0 Å². The molecular formula is C18H18N4O5S. The minimum absolute atomic E-state index is 0.00476. The zero-order chi connectivity index (χ0) is 20.3. The van der Waals surface area contributed by atoms with Gasteiger partial charge in [-0.2, -0.15) is 0 Å². The molecule has 0 aliphatic heterocycles. The summed E-state index contributed by atoms with van der Waals surface area (Å²) in [7, 11) is -2.01. The van der Waals surface area contributed by atoms with E-state index in [1.54, 1.807) is 24.3 Å². The number of rotatable bonds is 6. The Labute approximate surface area is 160 Å². The maximum atomic E-state index is 12.8. The van der Waals surface area contributed by atoms with E-state index in [2.05, 4.69) is 15.3 Å². The Morgan fingerprint density at radius 2 is 1.86 bits per heavy atom. The number of hydrogen-bond donors (Lipinski definition) is 2. The summed E-state index contributed by atoms with van der Waals surface area (Å²) in [5, 5.41) is 20.7. The minimum Gasteiger partial charge on any atom is -0.506 e. The highest BCUT2D eigenvalue weighted by Crippen LogP contribution is 2.30. The lowest BCUT2D eigenvalue weighted by atomic mass is 10.3. The second kappa shape index (κ2) is 7.79. The van der Waals surface area contributed by atoms with Crippen molar-refractivity contribution in [3.8, 4) is 11.4 Å². The molecule has 0 aliphatic rings. The van der Waals surface area contributed by atoms with Crippen LogP contribution in [0.2, 0.25) is 0 Å². The predicted molar refractivity (Wildman–Crippen MR) is 102 cm³/mol. The van der Waals surface area contributed by atoms with Crippen molar-refractivity contribution in [1.29, 1.82) is 0 Å². The molecule has 9 nitrogen and oxygen atoms in total. The zero-order valence-corrected chi connectivity index (χ0v) is 16.0. The molecule has 3 rings (SSSR count). The summed E-state index contributed by atoms with van der Waals surface area (Å²) in [4.78, 5) is 12.7. The molecule has 0 atom stereocenters. The van der Waals surface area contributed by atoms with Gasteiger partial charge in [-0.25, -0.2) is 13.1 Å². The highest BCUT2D eigenvalue weighted by atomic mass is 32.2. The molecule has 3 aromatic rings. The normalized spacial score (nSPS) is 11.9. The number of H-pyrrole nitrogens is 1. The average Bonchev–Trinajstić information content (AvgIpc) is 2.97. The summed E-state index contributed by atoms with van der Waals surface area (Å²) in [6, 6.07) is 12.5. The molecule has 0 unspecified atom stereocenters. The van der Waals surface area contributed by atoms with Crippen LogP contribution in [0.4, 0.5) is 11.4 Å². The van der Waals surface area contributed by atoms with Crippen LogP contribution in [-0.4, -0.2) is 36.7 Å². The Morgan fingerprint density at radius 1 is 1.14 bits per heavy atom. The largest absolute Gasteiger partial charge is 0.506 e. The third-order valence-corrected chi connectivity index (χ3v) is 4.98. The number of ether oxygens (including phenoxy) is 1. The van der Waals surface area contributed by atoms with E-state index in [4.69, 9.17) is 4.74 Å². The molecule has 146 valence electrons. The molecule has 0 aliphatic carbocycles. The van der Waals surface area contributed by atoms with Gasteiger partial charge in [0.1, 0.15) is 11.4 Å². The van der Waals surface area contributed by atoms with Crippen molar-refractivity contribution in [2.75, 3.05) is 13.4 Å². The van der Waals surface area contributed by atoms with Gasteiger partial charge in [0.15, 0.2) is 15.5 Å². The molecule has 0 saturated heterocycles. The van der Waals surface area contributed by atoms with E-state index >= 15 is 0 Å². The highest BCUT2D eigenvalue weighted by Gasteiger charge is 2.16. The van der Waals surface area contributed by atoms with Crippen molar-refractivity contribution in [3.05, 3.63) is 64.6 Å². The third kappa shape index (κ3) is 4.02. The predicted octanol–water partition coefficient (Wildman–Crippen LogP) is 2.84. The van der Waals surface area contributed by atoms with Gasteiger partial charge in [-0.05, 0) is 30.3 Å². The van der Waals surface area contributed by atoms with E-state index in [0.717, 1.165) is 6.26 Å². The number of nitrogens with one attached hydrogen (secondary N) is 1. The van der Waals surface area contributed by atoms with Crippen LogP contribution in [0, 0.1) is 0 Å². The van der Waals surface area contributed by atoms with Crippen LogP contribution in [0.25, 0.3) is 5.69 Å². The first-order valence-corrected chi connectivity index (χ1v) is 10.0. The number of sulfone groups is 1. The van der Waals surface area contributed by atoms with Gasteiger partial charge in [0.25, 0.3) is 5.56 Å². The van der Waals surface area contributed by atoms with Gasteiger partial charge in [-0.15, -0.1) is 10.2 Å². The Hall–Kier alpha value is -3.24. The average molecular weight is 402 g/mol. The number of azo groups is 1. The standard InChI is InChI=1S/C18H18N4O5S/c1-27-11-15-17(18(24)22(21-15)12-6-4-3-5-7-12)20-19-14-10-13(28(2,25)26)8-9-16(14)23/h3-10,21,23H,11H2,1-2H3. The van der Waals surface area contributed by atoms with Crippen molar-refractivity contribution in [2.45, 2.75) is 11.5 Å². The van der Waals surface area contributed by atoms with E-state index in [0.29, 0.717) is 11.4 Å². The summed E-state index contributed by atoms with van der Waals surface area (Å²) in [5.41, 5.74) is 0.459. The smallest absolute Gasteiger partial charge is 0.299 e. The first-order valence-electron chi connectivity index (χ1n) is 8.14. The van der Waals surface area contributed by atoms with Gasteiger partial charge >= 0.3 is 0 Å². The van der Waals surface area contributed by atoms with Gasteiger partial charge in [0.05, 0.1) is 22.9 Å². The molecule has 0 amide bonds. The molecule has 2 N–H and O–H groups in total. The van der Waals surface area contributed by atoms with E-state index in [-0.39, 0.29) is 28.6 Å². The lowest BCUT2D eigenvalue weighted by molar-refractivity contribution is 0.181. The third-order valence-electron chi connectivity index (χ3n) is 3.87. The van der Waals surface area contributed by atoms with Crippen LogP contribution in [0.5, 0.6) is 5.75 Å². The number of phenols is 1. The van der Waals surface area contributed by atoms with Crippen LogP contribution in [0.3, 0.4) is 0 Å². The van der Waals surface area contributed by atoms with Crippen molar-refractivity contribution in [1.82, 2.24) is 9.78 Å². The van der Waals surface area contributed by atoms with Crippen molar-refractivity contribution >= 4 is 21.2 Å². The number of benzene rings is 2. The number of hydrogen-bond acceptors (Lipinski definition) is 7. The van der Waals surface area contributed by atoms with Gasteiger partial charge < -0.3 is 9.84 Å². The lowest BCUT2D eigenvalue weighted by Crippen LogP contribution is -2.13. The second-order valence-electron chi connectivity index (χ2n) is 5.97. The quantitative estimate of drug-likeness (QED) is 0.613.